The minimum absolute atomic E-state index is 0.0206. The third kappa shape index (κ3) is 2.64. The van der Waals surface area contributed by atoms with E-state index in [4.69, 9.17) is 4.74 Å². The van der Waals surface area contributed by atoms with Crippen LogP contribution in [0.4, 0.5) is 4.39 Å². The molecule has 0 radical (unpaired) electrons. The van der Waals surface area contributed by atoms with Crippen molar-refractivity contribution in [3.63, 3.8) is 0 Å². The Kier molecular flexibility index (Phi) is 3.71. The highest BCUT2D eigenvalue weighted by Gasteiger charge is 2.55. The first-order chi connectivity index (χ1) is 11.7. The van der Waals surface area contributed by atoms with Crippen molar-refractivity contribution in [3.8, 4) is 5.75 Å². The van der Waals surface area contributed by atoms with Crippen LogP contribution in [0.5, 0.6) is 5.75 Å². The number of carbonyl (C=O) groups is 1. The van der Waals surface area contributed by atoms with Crippen molar-refractivity contribution in [1.82, 2.24) is 9.88 Å². The number of hydrogen-bond acceptors (Lipinski definition) is 3. The molecule has 1 aliphatic carbocycles. The average Bonchev–Trinajstić information content (AvgIpc) is 3.28. The van der Waals surface area contributed by atoms with Crippen LogP contribution in [0.3, 0.4) is 0 Å². The number of halogens is 1. The van der Waals surface area contributed by atoms with Gasteiger partial charge < -0.3 is 9.64 Å². The van der Waals surface area contributed by atoms with Crippen LogP contribution in [0.25, 0.3) is 0 Å². The van der Waals surface area contributed by atoms with E-state index in [1.165, 1.54) is 6.07 Å². The highest BCUT2D eigenvalue weighted by Crippen LogP contribution is 2.50. The molecule has 124 valence electrons. The van der Waals surface area contributed by atoms with E-state index in [1.54, 1.807) is 30.6 Å². The van der Waals surface area contributed by atoms with Gasteiger partial charge in [-0.3, -0.25) is 9.78 Å². The maximum Gasteiger partial charge on any atom is 0.233 e. The van der Waals surface area contributed by atoms with Gasteiger partial charge in [0.15, 0.2) is 0 Å². The lowest BCUT2D eigenvalue weighted by atomic mass is 9.94. The van der Waals surface area contributed by atoms with E-state index >= 15 is 0 Å². The van der Waals surface area contributed by atoms with Gasteiger partial charge in [0, 0.05) is 30.9 Å². The molecule has 1 aliphatic heterocycles. The standard InChI is InChI=1S/C19H19FN2O2/c20-17-4-2-1-3-16(17)19(8-9-19)18(23)22-12-7-15(13-22)24-14-5-10-21-11-6-14/h1-6,10-11,15H,7-9,12-13H2/t15-/m0/s1. The quantitative estimate of drug-likeness (QED) is 0.867. The fourth-order valence-electron chi connectivity index (χ4n) is 3.49. The molecule has 4 rings (SSSR count). The Morgan fingerprint density at radius 2 is 1.96 bits per heavy atom. The molecule has 1 saturated heterocycles. The molecular formula is C19H19FN2O2. The molecule has 5 heteroatoms. The van der Waals surface area contributed by atoms with Gasteiger partial charge in [0.05, 0.1) is 12.0 Å². The predicted molar refractivity (Wildman–Crippen MR) is 87.2 cm³/mol. The number of pyridine rings is 1. The Morgan fingerprint density at radius 1 is 1.21 bits per heavy atom. The van der Waals surface area contributed by atoms with Crippen molar-refractivity contribution in [2.24, 2.45) is 0 Å². The number of carbonyl (C=O) groups excluding carboxylic acids is 1. The summed E-state index contributed by atoms with van der Waals surface area (Å²) in [6, 6.07) is 10.3. The van der Waals surface area contributed by atoms with Crippen LogP contribution in [-0.4, -0.2) is 35.0 Å². The second-order valence-electron chi connectivity index (χ2n) is 6.52. The normalized spacial score (nSPS) is 21.5. The maximum absolute atomic E-state index is 14.1. The molecule has 2 fully saturated rings. The molecule has 1 aromatic heterocycles. The van der Waals surface area contributed by atoms with Gasteiger partial charge in [0.1, 0.15) is 17.7 Å². The molecule has 4 nitrogen and oxygen atoms in total. The highest BCUT2D eigenvalue weighted by molar-refractivity contribution is 5.91. The number of likely N-dealkylation sites (tertiary alicyclic amines) is 1. The van der Waals surface area contributed by atoms with E-state index in [9.17, 15) is 9.18 Å². The number of amides is 1. The molecule has 0 N–H and O–H groups in total. The fraction of sp³-hybridized carbons (Fsp3) is 0.368. The highest BCUT2D eigenvalue weighted by atomic mass is 19.1. The molecule has 0 spiro atoms. The number of benzene rings is 1. The summed E-state index contributed by atoms with van der Waals surface area (Å²) in [5.74, 6) is 0.514. The Morgan fingerprint density at radius 3 is 2.67 bits per heavy atom. The lowest BCUT2D eigenvalue weighted by Crippen LogP contribution is -2.39. The minimum atomic E-state index is -0.656. The van der Waals surface area contributed by atoms with E-state index in [0.29, 0.717) is 18.7 Å². The topological polar surface area (TPSA) is 42.4 Å². The number of hydrogen-bond donors (Lipinski definition) is 0. The Labute approximate surface area is 140 Å². The predicted octanol–water partition coefficient (Wildman–Crippen LogP) is 2.93. The molecule has 1 aromatic carbocycles. The number of nitrogens with zero attached hydrogens (tertiary/aromatic N) is 2. The van der Waals surface area contributed by atoms with Crippen LogP contribution >= 0.6 is 0 Å². The summed E-state index contributed by atoms with van der Waals surface area (Å²) >= 11 is 0. The monoisotopic (exact) mass is 326 g/mol. The summed E-state index contributed by atoms with van der Waals surface area (Å²) in [7, 11) is 0. The summed E-state index contributed by atoms with van der Waals surface area (Å²) in [5.41, 5.74) is -0.120. The van der Waals surface area contributed by atoms with Crippen LogP contribution in [0.2, 0.25) is 0 Å². The molecule has 2 heterocycles. The first-order valence-corrected chi connectivity index (χ1v) is 8.30. The van der Waals surface area contributed by atoms with Gasteiger partial charge in [-0.2, -0.15) is 0 Å². The van der Waals surface area contributed by atoms with Gasteiger partial charge in [-0.05, 0) is 31.0 Å². The minimum Gasteiger partial charge on any atom is -0.488 e. The Bertz CT molecular complexity index is 746. The summed E-state index contributed by atoms with van der Waals surface area (Å²) in [5, 5.41) is 0. The summed E-state index contributed by atoms with van der Waals surface area (Å²) < 4.78 is 20.0. The lowest BCUT2D eigenvalue weighted by Gasteiger charge is -2.24. The molecule has 2 aromatic rings. The van der Waals surface area contributed by atoms with Crippen LogP contribution in [0, 0.1) is 5.82 Å². The van der Waals surface area contributed by atoms with Crippen molar-refractivity contribution in [2.75, 3.05) is 13.1 Å². The zero-order valence-corrected chi connectivity index (χ0v) is 13.3. The summed E-state index contributed by atoms with van der Waals surface area (Å²) in [4.78, 5) is 18.8. The maximum atomic E-state index is 14.1. The van der Waals surface area contributed by atoms with Gasteiger partial charge in [0.25, 0.3) is 0 Å². The van der Waals surface area contributed by atoms with Crippen LogP contribution in [0.15, 0.2) is 48.8 Å². The van der Waals surface area contributed by atoms with Gasteiger partial charge in [-0.1, -0.05) is 18.2 Å². The van der Waals surface area contributed by atoms with Crippen molar-refractivity contribution >= 4 is 5.91 Å². The molecule has 24 heavy (non-hydrogen) atoms. The zero-order valence-electron chi connectivity index (χ0n) is 13.3. The smallest absolute Gasteiger partial charge is 0.233 e. The Hall–Kier alpha value is -2.43. The van der Waals surface area contributed by atoms with Crippen LogP contribution < -0.4 is 4.74 Å². The molecular weight excluding hydrogens is 307 g/mol. The first-order valence-electron chi connectivity index (χ1n) is 8.30. The number of rotatable bonds is 4. The largest absolute Gasteiger partial charge is 0.488 e. The van der Waals surface area contributed by atoms with E-state index in [0.717, 1.165) is 25.0 Å². The third-order valence-electron chi connectivity index (χ3n) is 4.93. The van der Waals surface area contributed by atoms with Gasteiger partial charge >= 0.3 is 0 Å². The summed E-state index contributed by atoms with van der Waals surface area (Å²) in [6.45, 7) is 1.21. The van der Waals surface area contributed by atoms with Crippen molar-refractivity contribution < 1.29 is 13.9 Å². The van der Waals surface area contributed by atoms with E-state index in [-0.39, 0.29) is 17.8 Å². The van der Waals surface area contributed by atoms with Crippen molar-refractivity contribution in [1.29, 1.82) is 0 Å². The van der Waals surface area contributed by atoms with Gasteiger partial charge in [-0.15, -0.1) is 0 Å². The third-order valence-corrected chi connectivity index (χ3v) is 4.93. The van der Waals surface area contributed by atoms with Crippen molar-refractivity contribution in [3.05, 3.63) is 60.2 Å². The molecule has 0 bridgehead atoms. The van der Waals surface area contributed by atoms with Crippen LogP contribution in [0.1, 0.15) is 24.8 Å². The molecule has 2 aliphatic rings. The number of ether oxygens (including phenoxy) is 1. The fourth-order valence-corrected chi connectivity index (χ4v) is 3.49. The van der Waals surface area contributed by atoms with Crippen molar-refractivity contribution in [2.45, 2.75) is 30.8 Å². The average molecular weight is 326 g/mol. The molecule has 1 atom stereocenters. The zero-order chi connectivity index (χ0) is 16.6. The molecule has 1 saturated carbocycles. The molecule has 0 unspecified atom stereocenters. The molecule has 1 amide bonds. The number of aromatic nitrogens is 1. The van der Waals surface area contributed by atoms with Gasteiger partial charge in [0.2, 0.25) is 5.91 Å². The van der Waals surface area contributed by atoms with Gasteiger partial charge in [-0.25, -0.2) is 4.39 Å². The van der Waals surface area contributed by atoms with E-state index in [2.05, 4.69) is 4.98 Å². The van der Waals surface area contributed by atoms with E-state index < -0.39 is 5.41 Å². The van der Waals surface area contributed by atoms with Crippen LogP contribution in [-0.2, 0) is 10.2 Å². The first kappa shape index (κ1) is 15.1. The second-order valence-corrected chi connectivity index (χ2v) is 6.52. The summed E-state index contributed by atoms with van der Waals surface area (Å²) in [6.07, 6.45) is 5.59. The lowest BCUT2D eigenvalue weighted by molar-refractivity contribution is -0.133. The second kappa shape index (κ2) is 5.89. The Balaban J connectivity index is 1.46. The SMILES string of the molecule is O=C(N1CC[C@H](Oc2ccncc2)C1)C1(c2ccccc2F)CC1. The van der Waals surface area contributed by atoms with E-state index in [1.807, 2.05) is 17.0 Å².